The van der Waals surface area contributed by atoms with Crippen LogP contribution in [0.25, 0.3) is 11.1 Å². The number of carbonyl (C=O) groups is 3. The van der Waals surface area contributed by atoms with Gasteiger partial charge < -0.3 is 15.4 Å². The summed E-state index contributed by atoms with van der Waals surface area (Å²) < 4.78 is 71.1. The molecule has 1 aliphatic carbocycles. The maximum absolute atomic E-state index is 14.9. The van der Waals surface area contributed by atoms with Crippen molar-refractivity contribution in [2.45, 2.75) is 37.5 Å². The molecule has 0 spiro atoms. The van der Waals surface area contributed by atoms with E-state index >= 15 is 0 Å². The Labute approximate surface area is 185 Å². The molecule has 1 aliphatic rings. The second kappa shape index (κ2) is 8.80. The van der Waals surface area contributed by atoms with Crippen LogP contribution in [0.5, 0.6) is 0 Å². The molecule has 0 heterocycles. The topological polar surface area (TPSA) is 84.5 Å². The molecule has 0 radical (unpaired) electrons. The Morgan fingerprint density at radius 1 is 1.03 bits per heavy atom. The van der Waals surface area contributed by atoms with Gasteiger partial charge in [0.05, 0.1) is 13.2 Å². The van der Waals surface area contributed by atoms with Gasteiger partial charge in [-0.2, -0.15) is 13.2 Å². The van der Waals surface area contributed by atoms with Crippen molar-refractivity contribution in [1.29, 1.82) is 0 Å². The van der Waals surface area contributed by atoms with E-state index in [1.54, 1.807) is 5.32 Å². The first-order valence-electron chi connectivity index (χ1n) is 9.76. The van der Waals surface area contributed by atoms with Crippen LogP contribution in [0.3, 0.4) is 0 Å². The van der Waals surface area contributed by atoms with Crippen LogP contribution < -0.4 is 10.6 Å². The number of nitrogens with one attached hydrogen (secondary N) is 2. The number of alkyl halides is 3. The van der Waals surface area contributed by atoms with Crippen molar-refractivity contribution in [1.82, 2.24) is 10.6 Å². The molecular weight excluding hydrogens is 451 g/mol. The van der Waals surface area contributed by atoms with Gasteiger partial charge in [-0.05, 0) is 37.5 Å². The van der Waals surface area contributed by atoms with Crippen LogP contribution in [-0.2, 0) is 14.3 Å². The normalized spacial score (nSPS) is 15.4. The number of methoxy groups -OCH3 is 1. The van der Waals surface area contributed by atoms with Crippen LogP contribution in [0.4, 0.5) is 22.0 Å². The van der Waals surface area contributed by atoms with E-state index in [0.29, 0.717) is 0 Å². The van der Waals surface area contributed by atoms with Gasteiger partial charge in [0, 0.05) is 11.1 Å². The summed E-state index contributed by atoms with van der Waals surface area (Å²) in [7, 11) is 1.06. The summed E-state index contributed by atoms with van der Waals surface area (Å²) in [6.45, 7) is 1.48. The summed E-state index contributed by atoms with van der Waals surface area (Å²) in [5.41, 5.74) is -1.96. The first-order valence-corrected chi connectivity index (χ1v) is 9.76. The van der Waals surface area contributed by atoms with Crippen molar-refractivity contribution in [3.05, 3.63) is 59.2 Å². The summed E-state index contributed by atoms with van der Waals surface area (Å²) in [6, 6.07) is 6.62. The fourth-order valence-electron chi connectivity index (χ4n) is 3.32. The Bertz CT molecular complexity index is 1110. The van der Waals surface area contributed by atoms with Gasteiger partial charge >= 0.3 is 18.1 Å². The Morgan fingerprint density at radius 3 is 2.24 bits per heavy atom. The summed E-state index contributed by atoms with van der Waals surface area (Å²) in [5.74, 6) is -5.73. The predicted octanol–water partition coefficient (Wildman–Crippen LogP) is 3.81. The molecule has 6 nitrogen and oxygen atoms in total. The number of halogens is 5. The number of ether oxygens (including phenoxy) is 1. The SMILES string of the molecule is COC(=O)c1c(F)cccc1-c1ccc(C(C)NC(=O)C2(NC(=O)C(F)(F)F)CC2)cc1F. The zero-order valence-corrected chi connectivity index (χ0v) is 17.5. The van der Waals surface area contributed by atoms with E-state index < -0.39 is 52.7 Å². The second-order valence-corrected chi connectivity index (χ2v) is 7.62. The molecule has 1 saturated carbocycles. The molecule has 1 atom stereocenters. The van der Waals surface area contributed by atoms with E-state index in [1.807, 2.05) is 0 Å². The third-order valence-electron chi connectivity index (χ3n) is 5.33. The van der Waals surface area contributed by atoms with Crippen molar-refractivity contribution in [3.8, 4) is 11.1 Å². The van der Waals surface area contributed by atoms with E-state index in [4.69, 9.17) is 0 Å². The van der Waals surface area contributed by atoms with Gasteiger partial charge in [-0.25, -0.2) is 13.6 Å². The zero-order chi connectivity index (χ0) is 24.6. The average Bonchev–Trinajstić information content (AvgIpc) is 3.53. The van der Waals surface area contributed by atoms with E-state index in [2.05, 4.69) is 10.1 Å². The van der Waals surface area contributed by atoms with Crippen LogP contribution in [0.2, 0.25) is 0 Å². The summed E-state index contributed by atoms with van der Waals surface area (Å²) in [4.78, 5) is 35.6. The van der Waals surface area contributed by atoms with Crippen LogP contribution in [0, 0.1) is 11.6 Å². The molecule has 3 rings (SSSR count). The lowest BCUT2D eigenvalue weighted by molar-refractivity contribution is -0.175. The Morgan fingerprint density at radius 2 is 1.70 bits per heavy atom. The molecule has 0 aromatic heterocycles. The molecule has 1 fully saturated rings. The molecule has 0 aliphatic heterocycles. The number of hydrogen-bond donors (Lipinski definition) is 2. The maximum atomic E-state index is 14.9. The van der Waals surface area contributed by atoms with Crippen molar-refractivity contribution >= 4 is 17.8 Å². The monoisotopic (exact) mass is 470 g/mol. The number of carbonyl (C=O) groups excluding carboxylic acids is 3. The maximum Gasteiger partial charge on any atom is 0.471 e. The lowest BCUT2D eigenvalue weighted by Gasteiger charge is -2.22. The van der Waals surface area contributed by atoms with Crippen molar-refractivity contribution in [2.75, 3.05) is 7.11 Å². The van der Waals surface area contributed by atoms with E-state index in [-0.39, 0.29) is 29.5 Å². The average molecular weight is 470 g/mol. The first kappa shape index (κ1) is 24.1. The number of rotatable bonds is 6. The highest BCUT2D eigenvalue weighted by Gasteiger charge is 2.55. The largest absolute Gasteiger partial charge is 0.471 e. The number of hydrogen-bond acceptors (Lipinski definition) is 4. The lowest BCUT2D eigenvalue weighted by atomic mass is 9.96. The minimum Gasteiger partial charge on any atom is -0.465 e. The molecule has 176 valence electrons. The smallest absolute Gasteiger partial charge is 0.465 e. The van der Waals surface area contributed by atoms with Gasteiger partial charge in [-0.3, -0.25) is 9.59 Å². The fraction of sp³-hybridized carbons (Fsp3) is 0.318. The predicted molar refractivity (Wildman–Crippen MR) is 106 cm³/mol. The summed E-state index contributed by atoms with van der Waals surface area (Å²) in [6.07, 6.45) is -5.05. The highest BCUT2D eigenvalue weighted by molar-refractivity contribution is 5.98. The third kappa shape index (κ3) is 4.96. The van der Waals surface area contributed by atoms with Crippen LogP contribution in [0.1, 0.15) is 41.7 Å². The van der Waals surface area contributed by atoms with Crippen LogP contribution in [-0.4, -0.2) is 36.6 Å². The standard InChI is InChI=1S/C22H19F5N2O4/c1-11(28-19(31)21(8-9-21)29-20(32)22(25,26)27)12-6-7-13(16(24)10-12)14-4-3-5-15(23)17(14)18(30)33-2/h3-7,10-11H,8-9H2,1-2H3,(H,28,31)(H,29,32). The summed E-state index contributed by atoms with van der Waals surface area (Å²) in [5, 5.41) is 4.17. The van der Waals surface area contributed by atoms with Gasteiger partial charge in [0.1, 0.15) is 22.7 Å². The zero-order valence-electron chi connectivity index (χ0n) is 17.5. The molecule has 0 saturated heterocycles. The molecular formula is C22H19F5N2O4. The fourth-order valence-corrected chi connectivity index (χ4v) is 3.32. The van der Waals surface area contributed by atoms with Gasteiger partial charge in [0.2, 0.25) is 5.91 Å². The van der Waals surface area contributed by atoms with E-state index in [9.17, 15) is 36.3 Å². The molecule has 2 aromatic rings. The van der Waals surface area contributed by atoms with Gasteiger partial charge in [-0.15, -0.1) is 0 Å². The minimum atomic E-state index is -5.12. The number of esters is 1. The molecule has 2 N–H and O–H groups in total. The molecule has 2 amide bonds. The van der Waals surface area contributed by atoms with Crippen LogP contribution in [0.15, 0.2) is 36.4 Å². The van der Waals surface area contributed by atoms with Gasteiger partial charge in [0.15, 0.2) is 0 Å². The highest BCUT2D eigenvalue weighted by atomic mass is 19.4. The summed E-state index contributed by atoms with van der Waals surface area (Å²) >= 11 is 0. The Hall–Kier alpha value is -3.50. The molecule has 11 heteroatoms. The molecule has 33 heavy (non-hydrogen) atoms. The Kier molecular flexibility index (Phi) is 6.44. The number of benzene rings is 2. The minimum absolute atomic E-state index is 0.0330. The second-order valence-electron chi connectivity index (χ2n) is 7.62. The van der Waals surface area contributed by atoms with Crippen molar-refractivity contribution in [2.24, 2.45) is 0 Å². The highest BCUT2D eigenvalue weighted by Crippen LogP contribution is 2.37. The lowest BCUT2D eigenvalue weighted by Crippen LogP contribution is -2.53. The Balaban J connectivity index is 1.80. The van der Waals surface area contributed by atoms with Gasteiger partial charge in [-0.1, -0.05) is 24.3 Å². The third-order valence-corrected chi connectivity index (χ3v) is 5.33. The van der Waals surface area contributed by atoms with Gasteiger partial charge in [0.25, 0.3) is 0 Å². The molecule has 2 aromatic carbocycles. The van der Waals surface area contributed by atoms with Crippen molar-refractivity contribution in [3.63, 3.8) is 0 Å². The number of amides is 2. The van der Waals surface area contributed by atoms with Crippen LogP contribution >= 0.6 is 0 Å². The quantitative estimate of drug-likeness (QED) is 0.497. The first-order chi connectivity index (χ1) is 15.4. The van der Waals surface area contributed by atoms with E-state index in [1.165, 1.54) is 31.2 Å². The van der Waals surface area contributed by atoms with E-state index in [0.717, 1.165) is 19.2 Å². The van der Waals surface area contributed by atoms with Crippen molar-refractivity contribution < 1.29 is 41.1 Å². The molecule has 0 bridgehead atoms. The molecule has 1 unspecified atom stereocenters.